The highest BCUT2D eigenvalue weighted by molar-refractivity contribution is 5.90. The first-order valence-electron chi connectivity index (χ1n) is 6.42. The Morgan fingerprint density at radius 2 is 2.00 bits per heavy atom. The maximum absolute atomic E-state index is 11.5. The average molecular weight is 287 g/mol. The van der Waals surface area contributed by atoms with E-state index in [2.05, 4.69) is 10.1 Å². The van der Waals surface area contributed by atoms with Gasteiger partial charge in [-0.05, 0) is 36.4 Å². The predicted molar refractivity (Wildman–Crippen MR) is 79.8 cm³/mol. The number of aromatic hydroxyl groups is 1. The number of methoxy groups -OCH3 is 2. The molecule has 110 valence electrons. The highest BCUT2D eigenvalue weighted by atomic mass is 16.5. The summed E-state index contributed by atoms with van der Waals surface area (Å²) in [6.07, 6.45) is 0. The monoisotopic (exact) mass is 287 g/mol. The molecule has 0 aliphatic rings. The molecule has 2 rings (SSSR count). The largest absolute Gasteiger partial charge is 0.508 e. The Balaban J connectivity index is 2.11. The fourth-order valence-corrected chi connectivity index (χ4v) is 1.90. The second-order valence-electron chi connectivity index (χ2n) is 4.42. The molecule has 2 N–H and O–H groups in total. The Morgan fingerprint density at radius 3 is 2.71 bits per heavy atom. The maximum Gasteiger partial charge on any atom is 0.337 e. The lowest BCUT2D eigenvalue weighted by molar-refractivity contribution is 0.0601. The first kappa shape index (κ1) is 14.7. The van der Waals surface area contributed by atoms with E-state index in [1.54, 1.807) is 43.5 Å². The number of phenolic OH excluding ortho intramolecular Hbond substituents is 1. The maximum atomic E-state index is 11.5. The van der Waals surface area contributed by atoms with Gasteiger partial charge in [0.15, 0.2) is 0 Å². The molecule has 0 fully saturated rings. The van der Waals surface area contributed by atoms with E-state index in [0.717, 1.165) is 5.69 Å². The quantitative estimate of drug-likeness (QED) is 0.828. The molecule has 0 amide bonds. The van der Waals surface area contributed by atoms with Crippen LogP contribution in [0.4, 0.5) is 5.69 Å². The molecule has 5 nitrogen and oxygen atoms in total. The van der Waals surface area contributed by atoms with Gasteiger partial charge in [0.1, 0.15) is 11.5 Å². The van der Waals surface area contributed by atoms with Crippen LogP contribution in [-0.4, -0.2) is 25.3 Å². The number of esters is 1. The summed E-state index contributed by atoms with van der Waals surface area (Å²) < 4.78 is 9.81. The Labute approximate surface area is 123 Å². The molecule has 0 unspecified atom stereocenters. The van der Waals surface area contributed by atoms with Crippen LogP contribution in [0, 0.1) is 0 Å². The molecule has 0 spiro atoms. The topological polar surface area (TPSA) is 67.8 Å². The minimum atomic E-state index is -0.386. The van der Waals surface area contributed by atoms with Crippen molar-refractivity contribution in [2.24, 2.45) is 0 Å². The highest BCUT2D eigenvalue weighted by Crippen LogP contribution is 2.24. The standard InChI is InChI=1S/C16H17NO4/c1-20-14-6-7-15(18)12(9-14)10-17-13-5-3-4-11(8-13)16(19)21-2/h3-9,17-18H,10H2,1-2H3. The van der Waals surface area contributed by atoms with E-state index in [-0.39, 0.29) is 11.7 Å². The van der Waals surface area contributed by atoms with Gasteiger partial charge >= 0.3 is 5.97 Å². The lowest BCUT2D eigenvalue weighted by atomic mass is 10.1. The van der Waals surface area contributed by atoms with E-state index in [9.17, 15) is 9.90 Å². The van der Waals surface area contributed by atoms with Crippen molar-refractivity contribution < 1.29 is 19.4 Å². The number of nitrogens with one attached hydrogen (secondary N) is 1. The van der Waals surface area contributed by atoms with Crippen molar-refractivity contribution in [1.82, 2.24) is 0 Å². The number of hydrogen-bond donors (Lipinski definition) is 2. The molecule has 0 saturated heterocycles. The summed E-state index contributed by atoms with van der Waals surface area (Å²) in [6.45, 7) is 0.410. The molecule has 2 aromatic rings. The van der Waals surface area contributed by atoms with E-state index < -0.39 is 0 Å². The van der Waals surface area contributed by atoms with Crippen LogP contribution in [0.2, 0.25) is 0 Å². The molecule has 2 aromatic carbocycles. The number of phenols is 1. The first-order chi connectivity index (χ1) is 10.1. The van der Waals surface area contributed by atoms with Crippen molar-refractivity contribution in [2.75, 3.05) is 19.5 Å². The fraction of sp³-hybridized carbons (Fsp3) is 0.188. The van der Waals surface area contributed by atoms with Crippen molar-refractivity contribution in [3.05, 3.63) is 53.6 Å². The molecule has 21 heavy (non-hydrogen) atoms. The van der Waals surface area contributed by atoms with Crippen LogP contribution in [0.25, 0.3) is 0 Å². The van der Waals surface area contributed by atoms with Crippen LogP contribution in [0.15, 0.2) is 42.5 Å². The molecule has 0 aliphatic heterocycles. The van der Waals surface area contributed by atoms with Gasteiger partial charge in [-0.3, -0.25) is 0 Å². The van der Waals surface area contributed by atoms with E-state index in [1.807, 2.05) is 6.07 Å². The summed E-state index contributed by atoms with van der Waals surface area (Å²) in [5.41, 5.74) is 1.94. The van der Waals surface area contributed by atoms with Gasteiger partial charge in [0.2, 0.25) is 0 Å². The van der Waals surface area contributed by atoms with E-state index >= 15 is 0 Å². The van der Waals surface area contributed by atoms with Crippen LogP contribution < -0.4 is 10.1 Å². The molecule has 0 bridgehead atoms. The summed E-state index contributed by atoms with van der Waals surface area (Å²) in [4.78, 5) is 11.5. The number of carbonyl (C=O) groups excluding carboxylic acids is 1. The van der Waals surface area contributed by atoms with Crippen molar-refractivity contribution in [3.63, 3.8) is 0 Å². The summed E-state index contributed by atoms with van der Waals surface area (Å²) in [5, 5.41) is 13.0. The first-order valence-corrected chi connectivity index (χ1v) is 6.42. The highest BCUT2D eigenvalue weighted by Gasteiger charge is 2.07. The normalized spacial score (nSPS) is 10.0. The number of anilines is 1. The molecular weight excluding hydrogens is 270 g/mol. The third kappa shape index (κ3) is 3.66. The molecule has 0 atom stereocenters. The summed E-state index contributed by atoms with van der Waals surface area (Å²) >= 11 is 0. The van der Waals surface area contributed by atoms with E-state index in [0.29, 0.717) is 23.4 Å². The molecular formula is C16H17NO4. The zero-order valence-electron chi connectivity index (χ0n) is 11.9. The summed E-state index contributed by atoms with van der Waals surface area (Å²) in [7, 11) is 2.92. The number of carbonyl (C=O) groups is 1. The van der Waals surface area contributed by atoms with Crippen LogP contribution >= 0.6 is 0 Å². The van der Waals surface area contributed by atoms with Gasteiger partial charge in [-0.15, -0.1) is 0 Å². The van der Waals surface area contributed by atoms with Crippen LogP contribution in [-0.2, 0) is 11.3 Å². The molecule has 0 aromatic heterocycles. The predicted octanol–water partition coefficient (Wildman–Crippen LogP) is 2.80. The zero-order valence-corrected chi connectivity index (χ0v) is 11.9. The Morgan fingerprint density at radius 1 is 1.19 bits per heavy atom. The number of benzene rings is 2. The SMILES string of the molecule is COC(=O)c1cccc(NCc2cc(OC)ccc2O)c1. The van der Waals surface area contributed by atoms with Gasteiger partial charge in [-0.1, -0.05) is 6.07 Å². The van der Waals surface area contributed by atoms with Crippen LogP contribution in [0.1, 0.15) is 15.9 Å². The molecule has 0 saturated carbocycles. The van der Waals surface area contributed by atoms with Crippen LogP contribution in [0.5, 0.6) is 11.5 Å². The van der Waals surface area contributed by atoms with Crippen molar-refractivity contribution in [2.45, 2.75) is 6.54 Å². The van der Waals surface area contributed by atoms with Gasteiger partial charge < -0.3 is 19.9 Å². The molecule has 5 heteroatoms. The van der Waals surface area contributed by atoms with E-state index in [4.69, 9.17) is 4.74 Å². The van der Waals surface area contributed by atoms with Crippen molar-refractivity contribution in [3.8, 4) is 11.5 Å². The smallest absolute Gasteiger partial charge is 0.337 e. The summed E-state index contributed by atoms with van der Waals surface area (Å²) in [6, 6.07) is 12.0. The second-order valence-corrected chi connectivity index (χ2v) is 4.42. The minimum Gasteiger partial charge on any atom is -0.508 e. The zero-order chi connectivity index (χ0) is 15.2. The number of ether oxygens (including phenoxy) is 2. The molecule has 0 heterocycles. The van der Waals surface area contributed by atoms with Gasteiger partial charge in [-0.25, -0.2) is 4.79 Å². The molecule has 0 radical (unpaired) electrons. The van der Waals surface area contributed by atoms with Gasteiger partial charge in [0.05, 0.1) is 19.8 Å². The number of rotatable bonds is 5. The lowest BCUT2D eigenvalue weighted by Crippen LogP contribution is -2.04. The van der Waals surface area contributed by atoms with Gasteiger partial charge in [0.25, 0.3) is 0 Å². The Kier molecular flexibility index (Phi) is 4.66. The van der Waals surface area contributed by atoms with Gasteiger partial charge in [-0.2, -0.15) is 0 Å². The average Bonchev–Trinajstić information content (AvgIpc) is 2.53. The fourth-order valence-electron chi connectivity index (χ4n) is 1.90. The third-order valence-corrected chi connectivity index (χ3v) is 3.05. The Hall–Kier alpha value is -2.69. The number of hydrogen-bond acceptors (Lipinski definition) is 5. The third-order valence-electron chi connectivity index (χ3n) is 3.05. The van der Waals surface area contributed by atoms with Crippen LogP contribution in [0.3, 0.4) is 0 Å². The second kappa shape index (κ2) is 6.65. The summed E-state index contributed by atoms with van der Waals surface area (Å²) in [5.74, 6) is 0.475. The van der Waals surface area contributed by atoms with Gasteiger partial charge in [0, 0.05) is 17.8 Å². The minimum absolute atomic E-state index is 0.187. The molecule has 0 aliphatic carbocycles. The van der Waals surface area contributed by atoms with Crippen molar-refractivity contribution in [1.29, 1.82) is 0 Å². The lowest BCUT2D eigenvalue weighted by Gasteiger charge is -2.10. The Bertz CT molecular complexity index is 640. The van der Waals surface area contributed by atoms with Crippen molar-refractivity contribution >= 4 is 11.7 Å². The van der Waals surface area contributed by atoms with E-state index in [1.165, 1.54) is 7.11 Å².